The van der Waals surface area contributed by atoms with E-state index in [4.69, 9.17) is 5.73 Å². The Kier molecular flexibility index (Phi) is 5.99. The molecule has 21 heavy (non-hydrogen) atoms. The van der Waals surface area contributed by atoms with Gasteiger partial charge in [0.25, 0.3) is 0 Å². The zero-order valence-electron chi connectivity index (χ0n) is 13.1. The van der Waals surface area contributed by atoms with Gasteiger partial charge >= 0.3 is 0 Å². The minimum atomic E-state index is 0.0771. The van der Waals surface area contributed by atoms with Crippen LogP contribution < -0.4 is 5.73 Å². The first kappa shape index (κ1) is 16.2. The Bertz CT molecular complexity index is 359. The maximum atomic E-state index is 12.1. The van der Waals surface area contributed by atoms with E-state index in [-0.39, 0.29) is 17.9 Å². The number of piperazine rings is 1. The van der Waals surface area contributed by atoms with E-state index in [0.29, 0.717) is 13.0 Å². The summed E-state index contributed by atoms with van der Waals surface area (Å²) in [6.45, 7) is 7.29. The molecule has 2 aliphatic rings. The Morgan fingerprint density at radius 3 is 2.10 bits per heavy atom. The van der Waals surface area contributed by atoms with Gasteiger partial charge in [0.2, 0.25) is 11.8 Å². The molecular formula is C15H28N4O2. The van der Waals surface area contributed by atoms with Crippen molar-refractivity contribution in [1.29, 1.82) is 0 Å². The number of carbonyl (C=O) groups excluding carboxylic acids is 2. The van der Waals surface area contributed by atoms with Crippen LogP contribution in [0.2, 0.25) is 0 Å². The molecule has 0 radical (unpaired) electrons. The first-order valence-corrected chi connectivity index (χ1v) is 8.10. The van der Waals surface area contributed by atoms with E-state index in [2.05, 4.69) is 4.90 Å². The van der Waals surface area contributed by atoms with Gasteiger partial charge in [-0.05, 0) is 26.2 Å². The maximum absolute atomic E-state index is 12.1. The number of likely N-dealkylation sites (tertiary alicyclic amines) is 1. The van der Waals surface area contributed by atoms with Gasteiger partial charge in [-0.3, -0.25) is 14.5 Å². The van der Waals surface area contributed by atoms with Gasteiger partial charge in [0.1, 0.15) is 0 Å². The second-order valence-corrected chi connectivity index (χ2v) is 6.26. The second kappa shape index (κ2) is 7.75. The number of nitrogens with zero attached hydrogens (tertiary/aromatic N) is 3. The molecular weight excluding hydrogens is 268 g/mol. The maximum Gasteiger partial charge on any atom is 0.236 e. The Morgan fingerprint density at radius 2 is 1.52 bits per heavy atom. The first-order valence-electron chi connectivity index (χ1n) is 8.10. The fraction of sp³-hybridized carbons (Fsp3) is 0.867. The Labute approximate surface area is 127 Å². The van der Waals surface area contributed by atoms with Crippen LogP contribution in [0.3, 0.4) is 0 Å². The smallest absolute Gasteiger partial charge is 0.236 e. The SMILES string of the molecule is CC(N)CCC(=O)N1CCN(CC(=O)N2CCCC2)CC1. The molecule has 1 atom stereocenters. The van der Waals surface area contributed by atoms with Crippen molar-refractivity contribution in [2.75, 3.05) is 45.8 Å². The lowest BCUT2D eigenvalue weighted by Gasteiger charge is -2.35. The summed E-state index contributed by atoms with van der Waals surface area (Å²) in [5.74, 6) is 0.432. The number of hydrogen-bond donors (Lipinski definition) is 1. The highest BCUT2D eigenvalue weighted by atomic mass is 16.2. The largest absolute Gasteiger partial charge is 0.342 e. The van der Waals surface area contributed by atoms with E-state index in [1.165, 1.54) is 0 Å². The molecule has 120 valence electrons. The van der Waals surface area contributed by atoms with Crippen LogP contribution >= 0.6 is 0 Å². The van der Waals surface area contributed by atoms with E-state index in [1.807, 2.05) is 16.7 Å². The van der Waals surface area contributed by atoms with Crippen LogP contribution in [0, 0.1) is 0 Å². The summed E-state index contributed by atoms with van der Waals surface area (Å²) in [6.07, 6.45) is 3.54. The van der Waals surface area contributed by atoms with Gasteiger partial charge < -0.3 is 15.5 Å². The molecule has 0 saturated carbocycles. The van der Waals surface area contributed by atoms with Crippen molar-refractivity contribution >= 4 is 11.8 Å². The third kappa shape index (κ3) is 4.97. The topological polar surface area (TPSA) is 69.9 Å². The molecule has 0 aromatic heterocycles. The number of carbonyl (C=O) groups is 2. The van der Waals surface area contributed by atoms with Crippen molar-refractivity contribution in [2.24, 2.45) is 5.73 Å². The minimum absolute atomic E-state index is 0.0771. The molecule has 1 unspecified atom stereocenters. The van der Waals surface area contributed by atoms with Gasteiger partial charge in [-0.15, -0.1) is 0 Å². The average molecular weight is 296 g/mol. The minimum Gasteiger partial charge on any atom is -0.342 e. The zero-order valence-corrected chi connectivity index (χ0v) is 13.1. The standard InChI is InChI=1S/C15H28N4O2/c1-13(16)4-5-14(20)19-10-8-17(9-11-19)12-15(21)18-6-2-3-7-18/h13H,2-12,16H2,1H3. The highest BCUT2D eigenvalue weighted by Gasteiger charge is 2.25. The molecule has 2 aliphatic heterocycles. The summed E-state index contributed by atoms with van der Waals surface area (Å²) in [4.78, 5) is 30.1. The van der Waals surface area contributed by atoms with E-state index in [0.717, 1.165) is 58.5 Å². The monoisotopic (exact) mass is 296 g/mol. The molecule has 2 N–H and O–H groups in total. The third-order valence-electron chi connectivity index (χ3n) is 4.36. The van der Waals surface area contributed by atoms with E-state index in [1.54, 1.807) is 0 Å². The van der Waals surface area contributed by atoms with Crippen LogP contribution in [0.25, 0.3) is 0 Å². The molecule has 0 spiro atoms. The number of nitrogens with two attached hydrogens (primary N) is 1. The Hall–Kier alpha value is -1.14. The summed E-state index contributed by atoms with van der Waals surface area (Å²) in [6, 6.07) is 0.0771. The highest BCUT2D eigenvalue weighted by molar-refractivity contribution is 5.78. The quantitative estimate of drug-likeness (QED) is 0.768. The van der Waals surface area contributed by atoms with Crippen molar-refractivity contribution in [3.8, 4) is 0 Å². The number of hydrogen-bond acceptors (Lipinski definition) is 4. The van der Waals surface area contributed by atoms with Crippen molar-refractivity contribution in [3.05, 3.63) is 0 Å². The molecule has 2 saturated heterocycles. The molecule has 0 aromatic rings. The Balaban J connectivity index is 1.67. The van der Waals surface area contributed by atoms with Crippen LogP contribution in [0.5, 0.6) is 0 Å². The summed E-state index contributed by atoms with van der Waals surface area (Å²) in [5, 5.41) is 0. The molecule has 6 nitrogen and oxygen atoms in total. The average Bonchev–Trinajstić information content (AvgIpc) is 3.00. The van der Waals surface area contributed by atoms with Crippen LogP contribution in [0.15, 0.2) is 0 Å². The van der Waals surface area contributed by atoms with E-state index in [9.17, 15) is 9.59 Å². The second-order valence-electron chi connectivity index (χ2n) is 6.26. The number of rotatable bonds is 5. The van der Waals surface area contributed by atoms with Crippen LogP contribution in [-0.2, 0) is 9.59 Å². The number of amides is 2. The predicted molar refractivity (Wildman–Crippen MR) is 81.7 cm³/mol. The van der Waals surface area contributed by atoms with Gasteiger partial charge in [0.15, 0.2) is 0 Å². The molecule has 0 bridgehead atoms. The Morgan fingerprint density at radius 1 is 0.952 bits per heavy atom. The molecule has 2 heterocycles. The lowest BCUT2D eigenvalue weighted by atomic mass is 10.1. The van der Waals surface area contributed by atoms with Crippen molar-refractivity contribution in [3.63, 3.8) is 0 Å². The van der Waals surface area contributed by atoms with Gasteiger partial charge in [-0.25, -0.2) is 0 Å². The molecule has 2 amide bonds. The molecule has 2 fully saturated rings. The predicted octanol–water partition coefficient (Wildman–Crippen LogP) is -0.120. The van der Waals surface area contributed by atoms with Crippen LogP contribution in [0.4, 0.5) is 0 Å². The normalized spacial score (nSPS) is 21.6. The van der Waals surface area contributed by atoms with Crippen molar-refractivity contribution in [2.45, 2.75) is 38.6 Å². The summed E-state index contributed by atoms with van der Waals surface area (Å²) >= 11 is 0. The van der Waals surface area contributed by atoms with Crippen molar-refractivity contribution < 1.29 is 9.59 Å². The van der Waals surface area contributed by atoms with E-state index < -0.39 is 0 Å². The van der Waals surface area contributed by atoms with Gasteiger partial charge in [-0.1, -0.05) is 0 Å². The zero-order chi connectivity index (χ0) is 15.2. The van der Waals surface area contributed by atoms with Crippen LogP contribution in [-0.4, -0.2) is 78.4 Å². The van der Waals surface area contributed by atoms with Gasteiger partial charge in [0, 0.05) is 51.7 Å². The van der Waals surface area contributed by atoms with Crippen molar-refractivity contribution in [1.82, 2.24) is 14.7 Å². The fourth-order valence-electron chi connectivity index (χ4n) is 2.92. The van der Waals surface area contributed by atoms with Gasteiger partial charge in [-0.2, -0.15) is 0 Å². The summed E-state index contributed by atoms with van der Waals surface area (Å²) < 4.78 is 0. The first-order chi connectivity index (χ1) is 10.1. The molecule has 6 heteroatoms. The lowest BCUT2D eigenvalue weighted by molar-refractivity contribution is -0.134. The van der Waals surface area contributed by atoms with E-state index >= 15 is 0 Å². The highest BCUT2D eigenvalue weighted by Crippen LogP contribution is 2.10. The lowest BCUT2D eigenvalue weighted by Crippen LogP contribution is -2.51. The van der Waals surface area contributed by atoms with Crippen LogP contribution in [0.1, 0.15) is 32.6 Å². The van der Waals surface area contributed by atoms with Gasteiger partial charge in [0.05, 0.1) is 6.54 Å². The summed E-state index contributed by atoms with van der Waals surface area (Å²) in [7, 11) is 0. The molecule has 0 aromatic carbocycles. The molecule has 0 aliphatic carbocycles. The molecule has 2 rings (SSSR count). The third-order valence-corrected chi connectivity index (χ3v) is 4.36. The summed E-state index contributed by atoms with van der Waals surface area (Å²) in [5.41, 5.74) is 5.69. The fourth-order valence-corrected chi connectivity index (χ4v) is 2.92.